The molecule has 0 bridgehead atoms. The molecule has 0 fully saturated rings. The molecule has 0 aromatic rings. The minimum atomic E-state index is -0.761. The summed E-state index contributed by atoms with van der Waals surface area (Å²) in [4.78, 5) is 117. The van der Waals surface area contributed by atoms with Gasteiger partial charge in [0.05, 0.1) is 64.1 Å². The molecular formula is C66H120N8O15. The summed E-state index contributed by atoms with van der Waals surface area (Å²) in [6.07, 6.45) is 7.18. The molecule has 0 atom stereocenters. The Bertz CT molecular complexity index is 2240. The third-order valence-corrected chi connectivity index (χ3v) is 15.5. The van der Waals surface area contributed by atoms with Crippen LogP contribution in [0.3, 0.4) is 0 Å². The molecule has 6 N–H and O–H groups in total. The lowest BCUT2D eigenvalue weighted by atomic mass is 9.73. The van der Waals surface area contributed by atoms with Crippen LogP contribution in [-0.2, 0) is 71.6 Å². The predicted molar refractivity (Wildman–Crippen MR) is 344 cm³/mol. The second-order valence-corrected chi connectivity index (χ2v) is 29.2. The lowest BCUT2D eigenvalue weighted by Gasteiger charge is -2.33. The third-order valence-electron chi connectivity index (χ3n) is 15.5. The van der Waals surface area contributed by atoms with E-state index in [4.69, 9.17) is 28.4 Å². The summed E-state index contributed by atoms with van der Waals surface area (Å²) in [5, 5.41) is 17.5. The number of amides is 9. The standard InChI is InChI=1S/C66H120N8O15/c1-19-60(5,6)49-63(11,12)58(83)71-34-46-85-40-25-52(77)72-64(13,14)29-42-89-65(15,16)26-30-69-56(81)61(7,8)28-41-88-66(17,18)27-36-73(53(78)22-35-74-54(79)20-21-55(74)80)37-47-86-39-24-51(76)68-32-44-87-43-31-67-50(75)23-38-84-45-33-70-57(82)62(9,10)48-59(2,3)4/h20-21H,19,22-49H2,1-18H3,(H,67,75)(H,68,76)(H,69,81)(H,70,82)(H,71,83)(H,72,77). The molecule has 0 radical (unpaired) electrons. The molecule has 89 heavy (non-hydrogen) atoms. The van der Waals surface area contributed by atoms with Gasteiger partial charge >= 0.3 is 0 Å². The molecule has 1 aliphatic rings. The normalized spacial score (nSPS) is 13.6. The highest BCUT2D eigenvalue weighted by Gasteiger charge is 2.35. The van der Waals surface area contributed by atoms with E-state index in [1.807, 2.05) is 83.1 Å². The van der Waals surface area contributed by atoms with Crippen LogP contribution in [0.5, 0.6) is 0 Å². The van der Waals surface area contributed by atoms with Gasteiger partial charge in [-0.15, -0.1) is 0 Å². The molecule has 0 saturated carbocycles. The van der Waals surface area contributed by atoms with Crippen molar-refractivity contribution in [3.63, 3.8) is 0 Å². The van der Waals surface area contributed by atoms with Gasteiger partial charge in [-0.25, -0.2) is 0 Å². The van der Waals surface area contributed by atoms with Crippen molar-refractivity contribution in [2.75, 3.05) is 118 Å². The van der Waals surface area contributed by atoms with Gasteiger partial charge in [0.2, 0.25) is 41.4 Å². The van der Waals surface area contributed by atoms with Crippen molar-refractivity contribution in [1.82, 2.24) is 41.7 Å². The third kappa shape index (κ3) is 37.8. The van der Waals surface area contributed by atoms with Crippen molar-refractivity contribution in [3.05, 3.63) is 12.2 Å². The van der Waals surface area contributed by atoms with Crippen LogP contribution in [0, 0.1) is 27.1 Å². The van der Waals surface area contributed by atoms with Crippen molar-refractivity contribution < 1.29 is 71.6 Å². The zero-order valence-corrected chi connectivity index (χ0v) is 58.2. The fourth-order valence-corrected chi connectivity index (χ4v) is 9.96. The Hall–Kier alpha value is -5.07. The first-order chi connectivity index (χ1) is 41.1. The fourth-order valence-electron chi connectivity index (χ4n) is 9.96. The van der Waals surface area contributed by atoms with Gasteiger partial charge in [0.1, 0.15) is 0 Å². The molecule has 23 heteroatoms. The van der Waals surface area contributed by atoms with E-state index >= 15 is 0 Å². The average molecular weight is 1270 g/mol. The lowest BCUT2D eigenvalue weighted by molar-refractivity contribution is -0.139. The first-order valence-corrected chi connectivity index (χ1v) is 32.2. The summed E-state index contributed by atoms with van der Waals surface area (Å²) in [6.45, 7) is 40.4. The Morgan fingerprint density at radius 3 is 1.35 bits per heavy atom. The number of nitrogens with one attached hydrogen (secondary N) is 6. The minimum absolute atomic E-state index is 0.00575. The Labute approximate surface area is 534 Å². The summed E-state index contributed by atoms with van der Waals surface area (Å²) in [5.41, 5.74) is -3.43. The first-order valence-electron chi connectivity index (χ1n) is 32.2. The maximum absolute atomic E-state index is 13.6. The van der Waals surface area contributed by atoms with E-state index in [1.54, 1.807) is 4.90 Å². The number of carbonyl (C=O) groups is 9. The van der Waals surface area contributed by atoms with Gasteiger partial charge in [0, 0.05) is 125 Å². The molecule has 0 unspecified atom stereocenters. The van der Waals surface area contributed by atoms with E-state index < -0.39 is 44.8 Å². The number of hydrogen-bond donors (Lipinski definition) is 6. The first kappa shape index (κ1) is 81.9. The van der Waals surface area contributed by atoms with E-state index in [9.17, 15) is 43.2 Å². The maximum Gasteiger partial charge on any atom is 0.253 e. The zero-order valence-electron chi connectivity index (χ0n) is 58.2. The van der Waals surface area contributed by atoms with Crippen LogP contribution in [0.4, 0.5) is 0 Å². The summed E-state index contributed by atoms with van der Waals surface area (Å²) < 4.78 is 35.0. The van der Waals surface area contributed by atoms with Gasteiger partial charge in [-0.05, 0) is 90.9 Å². The van der Waals surface area contributed by atoms with Gasteiger partial charge in [-0.2, -0.15) is 0 Å². The SMILES string of the molecule is CCC(C)(C)CC(C)(C)C(=O)NCCOCCC(=O)NC(C)(C)CCOC(C)(C)CCNC(=O)C(C)(C)CCOC(C)(C)CCN(CCOCCC(=O)NCCOCCNC(=O)CCOCCNC(=O)C(C)(C)CC(C)(C)C)C(=O)CCN1C(=O)C=CC1=O. The molecule has 0 aromatic heterocycles. The van der Waals surface area contributed by atoms with E-state index in [0.29, 0.717) is 71.7 Å². The van der Waals surface area contributed by atoms with E-state index in [1.165, 1.54) is 12.2 Å². The van der Waals surface area contributed by atoms with E-state index in [-0.39, 0.29) is 150 Å². The summed E-state index contributed by atoms with van der Waals surface area (Å²) in [5.74, 6) is -1.96. The molecule has 1 rings (SSSR count). The quantitative estimate of drug-likeness (QED) is 0.0287. The van der Waals surface area contributed by atoms with Crippen LogP contribution in [0.15, 0.2) is 12.2 Å². The second kappa shape index (κ2) is 39.4. The van der Waals surface area contributed by atoms with Crippen molar-refractivity contribution in [1.29, 1.82) is 0 Å². The van der Waals surface area contributed by atoms with Gasteiger partial charge in [-0.1, -0.05) is 89.5 Å². The van der Waals surface area contributed by atoms with Crippen LogP contribution < -0.4 is 31.9 Å². The van der Waals surface area contributed by atoms with Gasteiger partial charge < -0.3 is 65.2 Å². The van der Waals surface area contributed by atoms with Crippen LogP contribution >= 0.6 is 0 Å². The van der Waals surface area contributed by atoms with Crippen LogP contribution in [0.1, 0.15) is 195 Å². The topological polar surface area (TPSA) is 288 Å². The molecule has 0 aromatic carbocycles. The largest absolute Gasteiger partial charge is 0.379 e. The number of rotatable bonds is 49. The van der Waals surface area contributed by atoms with Crippen molar-refractivity contribution >= 4 is 53.2 Å². The van der Waals surface area contributed by atoms with Crippen molar-refractivity contribution in [2.45, 2.75) is 212 Å². The van der Waals surface area contributed by atoms with Gasteiger partial charge in [0.25, 0.3) is 11.8 Å². The Morgan fingerprint density at radius 2 is 0.854 bits per heavy atom. The highest BCUT2D eigenvalue weighted by molar-refractivity contribution is 6.13. The summed E-state index contributed by atoms with van der Waals surface area (Å²) in [7, 11) is 0. The highest BCUT2D eigenvalue weighted by atomic mass is 16.5. The predicted octanol–water partition coefficient (Wildman–Crippen LogP) is 6.33. The second-order valence-electron chi connectivity index (χ2n) is 29.2. The number of carbonyl (C=O) groups excluding carboxylic acids is 9. The average Bonchev–Trinajstić information content (AvgIpc) is 2.28. The Morgan fingerprint density at radius 1 is 0.438 bits per heavy atom. The van der Waals surface area contributed by atoms with E-state index in [2.05, 4.69) is 73.4 Å². The molecule has 1 aliphatic heterocycles. The molecule has 514 valence electrons. The number of nitrogens with zero attached hydrogens (tertiary/aromatic N) is 2. The lowest BCUT2D eigenvalue weighted by Crippen LogP contribution is -2.45. The molecule has 0 saturated heterocycles. The molecule has 0 spiro atoms. The summed E-state index contributed by atoms with van der Waals surface area (Å²) in [6, 6.07) is 0. The van der Waals surface area contributed by atoms with Crippen LogP contribution in [0.2, 0.25) is 0 Å². The van der Waals surface area contributed by atoms with E-state index in [0.717, 1.165) is 24.2 Å². The van der Waals surface area contributed by atoms with Gasteiger partial charge in [0.15, 0.2) is 0 Å². The molecule has 9 amide bonds. The molecule has 1 heterocycles. The fraction of sp³-hybridized carbons (Fsp3) is 0.833. The number of ether oxygens (including phenoxy) is 6. The molecule has 0 aliphatic carbocycles. The van der Waals surface area contributed by atoms with Gasteiger partial charge in [-0.3, -0.25) is 48.1 Å². The molecule has 23 nitrogen and oxygen atoms in total. The van der Waals surface area contributed by atoms with Crippen LogP contribution in [0.25, 0.3) is 0 Å². The number of hydrogen-bond acceptors (Lipinski definition) is 15. The highest BCUT2D eigenvalue weighted by Crippen LogP contribution is 2.36. The Balaban J connectivity index is 2.45. The van der Waals surface area contributed by atoms with Crippen molar-refractivity contribution in [3.8, 4) is 0 Å². The monoisotopic (exact) mass is 1260 g/mol. The van der Waals surface area contributed by atoms with Crippen LogP contribution in [-0.4, -0.2) is 198 Å². The minimum Gasteiger partial charge on any atom is -0.379 e. The smallest absolute Gasteiger partial charge is 0.253 e. The Kier molecular flexibility index (Phi) is 36.2. The molecular weight excluding hydrogens is 1140 g/mol. The van der Waals surface area contributed by atoms with Crippen molar-refractivity contribution in [2.24, 2.45) is 27.1 Å². The zero-order chi connectivity index (χ0) is 67.8. The summed E-state index contributed by atoms with van der Waals surface area (Å²) >= 11 is 0. The maximum atomic E-state index is 13.6. The number of imide groups is 1.